The van der Waals surface area contributed by atoms with Crippen LogP contribution in [0, 0.1) is 0 Å². The summed E-state index contributed by atoms with van der Waals surface area (Å²) in [4.78, 5) is 0. The molecule has 0 radical (unpaired) electrons. The van der Waals surface area contributed by atoms with Crippen molar-refractivity contribution in [2.75, 3.05) is 6.61 Å². The first-order valence-electron chi connectivity index (χ1n) is 8.25. The molecule has 2 heterocycles. The molecule has 2 aromatic rings. The standard InChI is InChI=1S/C17H22Cl2N3O2/c1-3-5-14-9-23-17(24-14,10-22-12-21(4-2)11-20-22)15-7-6-13(18)8-16(15)19/h6-8,11-12,14H,3-5,9-10H2,1-2H3/q+1/t14-,17-/m1/s1. The molecule has 1 aliphatic heterocycles. The zero-order valence-corrected chi connectivity index (χ0v) is 15.4. The maximum absolute atomic E-state index is 6.44. The van der Waals surface area contributed by atoms with Crippen molar-refractivity contribution >= 4 is 23.2 Å². The first kappa shape index (κ1) is 17.7. The smallest absolute Gasteiger partial charge is 0.265 e. The first-order valence-corrected chi connectivity index (χ1v) is 9.00. The van der Waals surface area contributed by atoms with Crippen LogP contribution in [0.15, 0.2) is 30.9 Å². The predicted molar refractivity (Wildman–Crippen MR) is 92.0 cm³/mol. The van der Waals surface area contributed by atoms with Gasteiger partial charge in [0.2, 0.25) is 12.1 Å². The van der Waals surface area contributed by atoms with Gasteiger partial charge in [0.05, 0.1) is 24.3 Å². The van der Waals surface area contributed by atoms with E-state index in [9.17, 15) is 0 Å². The van der Waals surface area contributed by atoms with Crippen molar-refractivity contribution in [2.45, 2.75) is 51.7 Å². The molecule has 1 saturated heterocycles. The summed E-state index contributed by atoms with van der Waals surface area (Å²) in [5.74, 6) is -0.945. The molecule has 0 saturated carbocycles. The number of hydrogen-bond donors (Lipinski definition) is 0. The Morgan fingerprint density at radius 2 is 2.21 bits per heavy atom. The minimum atomic E-state index is -0.945. The summed E-state index contributed by atoms with van der Waals surface area (Å²) in [5.41, 5.74) is 0.783. The van der Waals surface area contributed by atoms with E-state index >= 15 is 0 Å². The second kappa shape index (κ2) is 7.40. The summed E-state index contributed by atoms with van der Waals surface area (Å²) in [6.07, 6.45) is 5.76. The number of halogens is 2. The Bertz CT molecular complexity index is 707. The van der Waals surface area contributed by atoms with Gasteiger partial charge < -0.3 is 9.47 Å². The summed E-state index contributed by atoms with van der Waals surface area (Å²) in [7, 11) is 0. The molecule has 1 aromatic heterocycles. The fourth-order valence-corrected chi connectivity index (χ4v) is 3.51. The SMILES string of the molecule is CCC[C@@H]1CO[C@@](Cn2c[n+](CC)cn2)(c2ccc(Cl)cc2Cl)O1. The molecule has 1 aliphatic rings. The van der Waals surface area contributed by atoms with Gasteiger partial charge in [0, 0.05) is 15.7 Å². The lowest BCUT2D eigenvalue weighted by atomic mass is 10.1. The minimum Gasteiger partial charge on any atom is -0.341 e. The Kier molecular flexibility index (Phi) is 5.45. The van der Waals surface area contributed by atoms with Gasteiger partial charge in [-0.2, -0.15) is 0 Å². The molecule has 0 spiro atoms. The molecule has 5 nitrogen and oxygen atoms in total. The largest absolute Gasteiger partial charge is 0.341 e. The van der Waals surface area contributed by atoms with Gasteiger partial charge >= 0.3 is 0 Å². The third kappa shape index (κ3) is 3.59. The molecule has 24 heavy (non-hydrogen) atoms. The molecular weight excluding hydrogens is 349 g/mol. The number of ether oxygens (including phenoxy) is 2. The Hall–Kier alpha value is -1.14. The molecule has 0 bridgehead atoms. The van der Waals surface area contributed by atoms with Crippen LogP contribution >= 0.6 is 23.2 Å². The first-order chi connectivity index (χ1) is 11.6. The lowest BCUT2D eigenvalue weighted by Gasteiger charge is -2.27. The highest BCUT2D eigenvalue weighted by molar-refractivity contribution is 6.35. The van der Waals surface area contributed by atoms with Gasteiger partial charge in [0.15, 0.2) is 6.54 Å². The molecule has 2 atom stereocenters. The van der Waals surface area contributed by atoms with Gasteiger partial charge in [-0.15, -0.1) is 4.68 Å². The average Bonchev–Trinajstić information content (AvgIpc) is 3.16. The van der Waals surface area contributed by atoms with Crippen LogP contribution in [0.3, 0.4) is 0 Å². The normalized spacial score (nSPS) is 23.8. The van der Waals surface area contributed by atoms with Crippen LogP contribution in [0.25, 0.3) is 0 Å². The summed E-state index contributed by atoms with van der Waals surface area (Å²) in [5, 5.41) is 5.51. The van der Waals surface area contributed by atoms with Crippen molar-refractivity contribution in [3.8, 4) is 0 Å². The van der Waals surface area contributed by atoms with Gasteiger partial charge in [0.1, 0.15) is 0 Å². The third-order valence-corrected chi connectivity index (χ3v) is 4.72. The fraction of sp³-hybridized carbons (Fsp3) is 0.529. The van der Waals surface area contributed by atoms with Crippen LogP contribution in [0.4, 0.5) is 0 Å². The van der Waals surface area contributed by atoms with Crippen LogP contribution in [-0.4, -0.2) is 22.5 Å². The van der Waals surface area contributed by atoms with Gasteiger partial charge in [0.25, 0.3) is 6.33 Å². The van der Waals surface area contributed by atoms with Crippen molar-refractivity contribution in [3.63, 3.8) is 0 Å². The van der Waals surface area contributed by atoms with Crippen molar-refractivity contribution in [1.82, 2.24) is 9.78 Å². The van der Waals surface area contributed by atoms with Gasteiger partial charge in [-0.25, -0.2) is 4.57 Å². The molecule has 0 aliphatic carbocycles. The monoisotopic (exact) mass is 370 g/mol. The van der Waals surface area contributed by atoms with Gasteiger partial charge in [-0.3, -0.25) is 0 Å². The maximum Gasteiger partial charge on any atom is 0.265 e. The van der Waals surface area contributed by atoms with Crippen LogP contribution in [0.5, 0.6) is 0 Å². The van der Waals surface area contributed by atoms with E-state index in [2.05, 4.69) is 18.9 Å². The van der Waals surface area contributed by atoms with E-state index in [1.807, 2.05) is 21.6 Å². The second-order valence-corrected chi connectivity index (χ2v) is 6.83. The molecule has 7 heteroatoms. The molecule has 0 amide bonds. The van der Waals surface area contributed by atoms with E-state index in [1.54, 1.807) is 18.5 Å². The quantitative estimate of drug-likeness (QED) is 0.729. The van der Waals surface area contributed by atoms with E-state index in [4.69, 9.17) is 32.7 Å². The Morgan fingerprint density at radius 1 is 1.38 bits per heavy atom. The van der Waals surface area contributed by atoms with E-state index < -0.39 is 5.79 Å². The molecule has 0 N–H and O–H groups in total. The number of hydrogen-bond acceptors (Lipinski definition) is 3. The molecule has 130 valence electrons. The number of aromatic nitrogens is 3. The number of benzene rings is 1. The van der Waals surface area contributed by atoms with Crippen molar-refractivity contribution in [3.05, 3.63) is 46.5 Å². The number of rotatable bonds is 6. The number of aryl methyl sites for hydroxylation is 1. The predicted octanol–water partition coefficient (Wildman–Crippen LogP) is 3.57. The zero-order chi connectivity index (χ0) is 17.2. The third-order valence-electron chi connectivity index (χ3n) is 4.18. The van der Waals surface area contributed by atoms with Crippen LogP contribution in [0.2, 0.25) is 10.0 Å². The van der Waals surface area contributed by atoms with Crippen molar-refractivity contribution in [1.29, 1.82) is 0 Å². The van der Waals surface area contributed by atoms with Gasteiger partial charge in [-0.1, -0.05) is 42.6 Å². The highest BCUT2D eigenvalue weighted by atomic mass is 35.5. The summed E-state index contributed by atoms with van der Waals surface area (Å²) >= 11 is 12.5. The van der Waals surface area contributed by atoms with Crippen LogP contribution < -0.4 is 4.57 Å². The van der Waals surface area contributed by atoms with Gasteiger partial charge in [-0.05, 0) is 25.5 Å². The molecule has 1 fully saturated rings. The molecular formula is C17H22Cl2N3O2+. The average molecular weight is 371 g/mol. The molecule has 3 rings (SSSR count). The Balaban J connectivity index is 1.95. The topological polar surface area (TPSA) is 40.2 Å². The maximum atomic E-state index is 6.44. The van der Waals surface area contributed by atoms with Crippen molar-refractivity contribution in [2.24, 2.45) is 0 Å². The molecule has 0 unspecified atom stereocenters. The van der Waals surface area contributed by atoms with E-state index in [-0.39, 0.29) is 6.10 Å². The van der Waals surface area contributed by atoms with E-state index in [0.717, 1.165) is 24.9 Å². The van der Waals surface area contributed by atoms with Crippen LogP contribution in [0.1, 0.15) is 32.3 Å². The van der Waals surface area contributed by atoms with Crippen LogP contribution in [-0.2, 0) is 28.4 Å². The lowest BCUT2D eigenvalue weighted by Crippen LogP contribution is -2.35. The number of nitrogens with zero attached hydrogens (tertiary/aromatic N) is 3. The highest BCUT2D eigenvalue weighted by Gasteiger charge is 2.46. The zero-order valence-electron chi connectivity index (χ0n) is 13.9. The Morgan fingerprint density at radius 3 is 2.88 bits per heavy atom. The highest BCUT2D eigenvalue weighted by Crippen LogP contribution is 2.41. The van der Waals surface area contributed by atoms with E-state index in [1.165, 1.54) is 0 Å². The molecule has 1 aromatic carbocycles. The lowest BCUT2D eigenvalue weighted by molar-refractivity contribution is -0.694. The Labute approximate surface area is 152 Å². The second-order valence-electron chi connectivity index (χ2n) is 5.99. The van der Waals surface area contributed by atoms with Crippen molar-refractivity contribution < 1.29 is 14.0 Å². The summed E-state index contributed by atoms with van der Waals surface area (Å²) < 4.78 is 16.3. The minimum absolute atomic E-state index is 0.0515. The summed E-state index contributed by atoms with van der Waals surface area (Å²) in [6, 6.07) is 5.39. The fourth-order valence-electron chi connectivity index (χ4n) is 2.96. The van der Waals surface area contributed by atoms with E-state index in [0.29, 0.717) is 23.2 Å². The summed E-state index contributed by atoms with van der Waals surface area (Å²) in [6.45, 7) is 6.03.